The molecule has 2 aliphatic rings. The molecule has 21 heavy (non-hydrogen) atoms. The number of hydrogen-bond acceptors (Lipinski definition) is 2. The third-order valence-electron chi connectivity index (χ3n) is 5.48. The second kappa shape index (κ2) is 7.49. The van der Waals surface area contributed by atoms with E-state index in [0.717, 1.165) is 30.1 Å². The van der Waals surface area contributed by atoms with Gasteiger partial charge in [-0.15, -0.1) is 18.3 Å². The molecule has 0 aromatic rings. The summed E-state index contributed by atoms with van der Waals surface area (Å²) in [5, 5.41) is 2.08. The van der Waals surface area contributed by atoms with Crippen LogP contribution in [0.15, 0.2) is 34.6 Å². The summed E-state index contributed by atoms with van der Waals surface area (Å²) in [5.41, 5.74) is 0.949. The molecule has 1 aliphatic carbocycles. The topological polar surface area (TPSA) is 17.1 Å². The highest BCUT2D eigenvalue weighted by Gasteiger charge is 2.31. The normalized spacial score (nSPS) is 37.2. The predicted molar refractivity (Wildman–Crippen MR) is 93.0 cm³/mol. The summed E-state index contributed by atoms with van der Waals surface area (Å²) < 4.78 is 0. The van der Waals surface area contributed by atoms with Crippen molar-refractivity contribution in [3.63, 3.8) is 0 Å². The molecule has 5 atom stereocenters. The third kappa shape index (κ3) is 3.71. The Hall–Kier alpha value is -0.760. The number of aldehydes is 1. The zero-order valence-electron chi connectivity index (χ0n) is 13.5. The molecule has 1 fully saturated rings. The lowest BCUT2D eigenvalue weighted by Crippen LogP contribution is -2.16. The van der Waals surface area contributed by atoms with Gasteiger partial charge in [-0.05, 0) is 59.7 Å². The average molecular weight is 304 g/mol. The highest BCUT2D eigenvalue weighted by Crippen LogP contribution is 2.44. The summed E-state index contributed by atoms with van der Waals surface area (Å²) in [4.78, 5) is 12.6. The van der Waals surface area contributed by atoms with Crippen LogP contribution >= 0.6 is 11.8 Å². The van der Waals surface area contributed by atoms with Gasteiger partial charge in [-0.1, -0.05) is 32.9 Å². The van der Waals surface area contributed by atoms with Crippen molar-refractivity contribution in [2.24, 2.45) is 29.6 Å². The Morgan fingerprint density at radius 1 is 1.38 bits per heavy atom. The van der Waals surface area contributed by atoms with Crippen molar-refractivity contribution in [1.82, 2.24) is 0 Å². The number of hydrogen-bond donors (Lipinski definition) is 0. The van der Waals surface area contributed by atoms with E-state index in [9.17, 15) is 4.79 Å². The number of carbonyl (C=O) groups excluding carboxylic acids is 1. The number of allylic oxidation sites excluding steroid dienone is 4. The van der Waals surface area contributed by atoms with Gasteiger partial charge < -0.3 is 0 Å². The number of carbonyl (C=O) groups is 1. The highest BCUT2D eigenvalue weighted by atomic mass is 32.2. The molecule has 1 aliphatic heterocycles. The van der Waals surface area contributed by atoms with Gasteiger partial charge in [0, 0.05) is 11.5 Å². The van der Waals surface area contributed by atoms with E-state index in [2.05, 4.69) is 44.9 Å². The van der Waals surface area contributed by atoms with Crippen molar-refractivity contribution in [2.45, 2.75) is 46.5 Å². The lowest BCUT2D eigenvalue weighted by atomic mass is 9.82. The maximum atomic E-state index is 11.1. The van der Waals surface area contributed by atoms with Crippen LogP contribution in [-0.4, -0.2) is 6.29 Å². The average Bonchev–Trinajstić information content (AvgIpc) is 2.66. The summed E-state index contributed by atoms with van der Waals surface area (Å²) in [6.45, 7) is 11.0. The molecule has 2 heteroatoms. The maximum Gasteiger partial charge on any atom is 0.147 e. The van der Waals surface area contributed by atoms with Crippen molar-refractivity contribution in [3.8, 4) is 0 Å². The minimum Gasteiger partial charge on any atom is -0.298 e. The molecule has 0 bridgehead atoms. The first-order valence-electron chi connectivity index (χ1n) is 8.26. The third-order valence-corrected chi connectivity index (χ3v) is 6.61. The molecule has 5 unspecified atom stereocenters. The standard InChI is InChI=1S/C19H28OS/c1-5-15-7-8-17(9-13(3)14(15)4)19-10-16(6-2)18(11-20)12-21-19/h5,10-17H,1,6-9H2,2-4H3. The van der Waals surface area contributed by atoms with E-state index in [4.69, 9.17) is 0 Å². The largest absolute Gasteiger partial charge is 0.298 e. The SMILES string of the molecule is C=CC1CCC(C2=CC(CC)C(C=O)=CS2)CC(C)C1C. The molecule has 116 valence electrons. The van der Waals surface area contributed by atoms with Gasteiger partial charge >= 0.3 is 0 Å². The molecule has 1 heterocycles. The summed E-state index contributed by atoms with van der Waals surface area (Å²) in [5.74, 6) is 3.10. The molecule has 0 aromatic heterocycles. The first-order valence-corrected chi connectivity index (χ1v) is 9.14. The van der Waals surface area contributed by atoms with Gasteiger partial charge in [-0.25, -0.2) is 0 Å². The number of thioether (sulfide) groups is 1. The van der Waals surface area contributed by atoms with Crippen LogP contribution in [0.2, 0.25) is 0 Å². The zero-order chi connectivity index (χ0) is 15.4. The summed E-state index contributed by atoms with van der Waals surface area (Å²) in [6.07, 6.45) is 10.3. The first kappa shape index (κ1) is 16.6. The Bertz CT molecular complexity index is 448. The summed E-state index contributed by atoms with van der Waals surface area (Å²) in [7, 11) is 0. The lowest BCUT2D eigenvalue weighted by molar-refractivity contribution is -0.105. The van der Waals surface area contributed by atoms with Crippen LogP contribution in [0.5, 0.6) is 0 Å². The Balaban J connectivity index is 2.13. The van der Waals surface area contributed by atoms with Crippen LogP contribution in [0.4, 0.5) is 0 Å². The minimum atomic E-state index is 0.324. The van der Waals surface area contributed by atoms with E-state index in [0.29, 0.717) is 17.8 Å². The molecule has 0 aromatic carbocycles. The molecule has 2 rings (SSSR count). The molecule has 0 radical (unpaired) electrons. The van der Waals surface area contributed by atoms with Gasteiger partial charge in [-0.3, -0.25) is 4.79 Å². The van der Waals surface area contributed by atoms with Crippen molar-refractivity contribution in [2.75, 3.05) is 0 Å². The van der Waals surface area contributed by atoms with Crippen LogP contribution < -0.4 is 0 Å². The van der Waals surface area contributed by atoms with E-state index in [-0.39, 0.29) is 0 Å². The molecule has 1 nitrogen and oxygen atoms in total. The summed E-state index contributed by atoms with van der Waals surface area (Å²) >= 11 is 1.78. The van der Waals surface area contributed by atoms with E-state index in [1.807, 2.05) is 0 Å². The van der Waals surface area contributed by atoms with Crippen LogP contribution in [0.25, 0.3) is 0 Å². The molecule has 0 spiro atoms. The fourth-order valence-corrected chi connectivity index (χ4v) is 4.86. The molecular weight excluding hydrogens is 276 g/mol. The molecule has 0 N–H and O–H groups in total. The van der Waals surface area contributed by atoms with Crippen molar-refractivity contribution >= 4 is 18.0 Å². The van der Waals surface area contributed by atoms with Gasteiger partial charge in [0.25, 0.3) is 0 Å². The lowest BCUT2D eigenvalue weighted by Gasteiger charge is -2.26. The zero-order valence-corrected chi connectivity index (χ0v) is 14.4. The fourth-order valence-electron chi connectivity index (χ4n) is 3.71. The fraction of sp³-hybridized carbons (Fsp3) is 0.632. The monoisotopic (exact) mass is 304 g/mol. The first-order chi connectivity index (χ1) is 10.1. The van der Waals surface area contributed by atoms with E-state index < -0.39 is 0 Å². The Morgan fingerprint density at radius 3 is 2.76 bits per heavy atom. The van der Waals surface area contributed by atoms with E-state index in [1.165, 1.54) is 24.2 Å². The van der Waals surface area contributed by atoms with Crippen molar-refractivity contribution in [1.29, 1.82) is 0 Å². The smallest absolute Gasteiger partial charge is 0.147 e. The quantitative estimate of drug-likeness (QED) is 0.382. The van der Waals surface area contributed by atoms with Gasteiger partial charge in [0.2, 0.25) is 0 Å². The summed E-state index contributed by atoms with van der Waals surface area (Å²) in [6, 6.07) is 0. The van der Waals surface area contributed by atoms with Crippen LogP contribution in [0.1, 0.15) is 46.5 Å². The van der Waals surface area contributed by atoms with Gasteiger partial charge in [0.1, 0.15) is 6.29 Å². The van der Waals surface area contributed by atoms with Crippen LogP contribution in [0, 0.1) is 29.6 Å². The molecule has 0 amide bonds. The van der Waals surface area contributed by atoms with Gasteiger partial charge in [0.15, 0.2) is 0 Å². The van der Waals surface area contributed by atoms with Crippen LogP contribution in [0.3, 0.4) is 0 Å². The number of rotatable bonds is 4. The molecular formula is C19H28OS. The predicted octanol–water partition coefficient (Wildman–Crippen LogP) is 5.60. The Kier molecular flexibility index (Phi) is 5.92. The maximum absolute atomic E-state index is 11.1. The second-order valence-electron chi connectivity index (χ2n) is 6.68. The Labute approximate surface area is 134 Å². The van der Waals surface area contributed by atoms with E-state index >= 15 is 0 Å². The van der Waals surface area contributed by atoms with Gasteiger partial charge in [0.05, 0.1) is 0 Å². The van der Waals surface area contributed by atoms with Crippen molar-refractivity contribution in [3.05, 3.63) is 34.6 Å². The second-order valence-corrected chi connectivity index (χ2v) is 7.63. The minimum absolute atomic E-state index is 0.324. The van der Waals surface area contributed by atoms with Crippen molar-refractivity contribution < 1.29 is 4.79 Å². The Morgan fingerprint density at radius 2 is 2.14 bits per heavy atom. The van der Waals surface area contributed by atoms with E-state index in [1.54, 1.807) is 11.8 Å². The molecule has 0 saturated heterocycles. The van der Waals surface area contributed by atoms with Crippen LogP contribution in [-0.2, 0) is 4.79 Å². The highest BCUT2D eigenvalue weighted by molar-refractivity contribution is 8.05. The molecule has 1 saturated carbocycles. The van der Waals surface area contributed by atoms with Gasteiger partial charge in [-0.2, -0.15) is 0 Å².